The van der Waals surface area contributed by atoms with Crippen molar-refractivity contribution in [2.24, 2.45) is 0 Å². The first-order chi connectivity index (χ1) is 9.66. The van der Waals surface area contributed by atoms with Crippen molar-refractivity contribution in [2.45, 2.75) is 44.7 Å². The van der Waals surface area contributed by atoms with Crippen LogP contribution in [0.3, 0.4) is 0 Å². The van der Waals surface area contributed by atoms with E-state index in [-0.39, 0.29) is 28.6 Å². The fourth-order valence-corrected chi connectivity index (χ4v) is 2.58. The van der Waals surface area contributed by atoms with E-state index >= 15 is 0 Å². The third-order valence-electron chi connectivity index (χ3n) is 2.84. The van der Waals surface area contributed by atoms with Gasteiger partial charge >= 0.3 is 0 Å². The van der Waals surface area contributed by atoms with Gasteiger partial charge in [-0.2, -0.15) is 0 Å². The molecule has 0 spiro atoms. The number of rotatable bonds is 7. The van der Waals surface area contributed by atoms with E-state index in [4.69, 9.17) is 15.4 Å². The van der Waals surface area contributed by atoms with Gasteiger partial charge in [-0.3, -0.25) is 4.79 Å². The standard InChI is InChI=1S/C13H21ClN2O4S/c1-5-20-8-10(4)15-13(17)12-6-11(21(14,18)19)7-16(12)9(2)3/h6-7,9-10H,5,8H2,1-4H3,(H,15,17). The third-order valence-corrected chi connectivity index (χ3v) is 4.16. The minimum Gasteiger partial charge on any atom is -0.380 e. The summed E-state index contributed by atoms with van der Waals surface area (Å²) in [5, 5.41) is 2.77. The fourth-order valence-electron chi connectivity index (χ4n) is 1.83. The van der Waals surface area contributed by atoms with E-state index in [0.29, 0.717) is 13.2 Å². The van der Waals surface area contributed by atoms with Crippen LogP contribution in [0.4, 0.5) is 0 Å². The van der Waals surface area contributed by atoms with Crippen molar-refractivity contribution in [3.8, 4) is 0 Å². The van der Waals surface area contributed by atoms with Gasteiger partial charge in [0.2, 0.25) is 0 Å². The van der Waals surface area contributed by atoms with Gasteiger partial charge in [0.25, 0.3) is 15.0 Å². The van der Waals surface area contributed by atoms with E-state index in [1.165, 1.54) is 12.3 Å². The summed E-state index contributed by atoms with van der Waals surface area (Å²) in [7, 11) is 1.47. The van der Waals surface area contributed by atoms with Crippen LogP contribution in [-0.4, -0.2) is 38.1 Å². The maximum Gasteiger partial charge on any atom is 0.268 e. The molecule has 0 saturated heterocycles. The molecule has 1 aromatic rings. The molecule has 0 saturated carbocycles. The first-order valence-electron chi connectivity index (χ1n) is 6.72. The Balaban J connectivity index is 3.00. The zero-order chi connectivity index (χ0) is 16.2. The average Bonchev–Trinajstić information content (AvgIpc) is 2.81. The van der Waals surface area contributed by atoms with Crippen LogP contribution < -0.4 is 5.32 Å². The number of hydrogen-bond donors (Lipinski definition) is 1. The Morgan fingerprint density at radius 3 is 2.52 bits per heavy atom. The fraction of sp³-hybridized carbons (Fsp3) is 0.615. The van der Waals surface area contributed by atoms with Crippen molar-refractivity contribution in [2.75, 3.05) is 13.2 Å². The highest BCUT2D eigenvalue weighted by Crippen LogP contribution is 2.21. The van der Waals surface area contributed by atoms with Crippen LogP contribution in [0.25, 0.3) is 0 Å². The molecule has 0 aromatic carbocycles. The summed E-state index contributed by atoms with van der Waals surface area (Å²) in [5.74, 6) is -0.359. The second-order valence-corrected chi connectivity index (χ2v) is 7.60. The number of carbonyl (C=O) groups excluding carboxylic acids is 1. The summed E-state index contributed by atoms with van der Waals surface area (Å²) in [4.78, 5) is 12.2. The molecule has 0 aliphatic rings. The van der Waals surface area contributed by atoms with Crippen LogP contribution in [0.1, 0.15) is 44.2 Å². The molecule has 0 aliphatic carbocycles. The van der Waals surface area contributed by atoms with Gasteiger partial charge in [-0.15, -0.1) is 0 Å². The monoisotopic (exact) mass is 336 g/mol. The van der Waals surface area contributed by atoms with Gasteiger partial charge in [0.1, 0.15) is 10.6 Å². The predicted octanol–water partition coefficient (Wildman–Crippen LogP) is 2.15. The highest BCUT2D eigenvalue weighted by atomic mass is 35.7. The minimum absolute atomic E-state index is 0.0693. The highest BCUT2D eigenvalue weighted by Gasteiger charge is 2.22. The summed E-state index contributed by atoms with van der Waals surface area (Å²) in [6.45, 7) is 8.35. The zero-order valence-corrected chi connectivity index (χ0v) is 14.2. The van der Waals surface area contributed by atoms with Gasteiger partial charge in [0.05, 0.1) is 6.61 Å². The molecule has 1 N–H and O–H groups in total. The number of nitrogens with zero attached hydrogens (tertiary/aromatic N) is 1. The number of nitrogens with one attached hydrogen (secondary N) is 1. The average molecular weight is 337 g/mol. The second kappa shape index (κ2) is 7.29. The molecule has 1 unspecified atom stereocenters. The van der Waals surface area contributed by atoms with Crippen LogP contribution >= 0.6 is 10.7 Å². The van der Waals surface area contributed by atoms with Crippen molar-refractivity contribution in [1.82, 2.24) is 9.88 Å². The molecule has 1 aromatic heterocycles. The molecule has 0 aliphatic heterocycles. The molecule has 1 atom stereocenters. The Hall–Kier alpha value is -1.05. The Morgan fingerprint density at radius 1 is 1.43 bits per heavy atom. The Kier molecular flexibility index (Phi) is 6.24. The Labute approximate surface area is 129 Å². The van der Waals surface area contributed by atoms with E-state index in [0.717, 1.165) is 0 Å². The molecule has 1 amide bonds. The number of halogens is 1. The highest BCUT2D eigenvalue weighted by molar-refractivity contribution is 8.13. The van der Waals surface area contributed by atoms with Crippen LogP contribution in [0.2, 0.25) is 0 Å². The Morgan fingerprint density at radius 2 is 2.05 bits per heavy atom. The molecule has 6 nitrogen and oxygen atoms in total. The van der Waals surface area contributed by atoms with Crippen LogP contribution in [0.5, 0.6) is 0 Å². The van der Waals surface area contributed by atoms with Crippen molar-refractivity contribution < 1.29 is 17.9 Å². The zero-order valence-electron chi connectivity index (χ0n) is 12.6. The lowest BCUT2D eigenvalue weighted by Gasteiger charge is -2.16. The van der Waals surface area contributed by atoms with Crippen molar-refractivity contribution in [3.63, 3.8) is 0 Å². The molecular formula is C13H21ClN2O4S. The van der Waals surface area contributed by atoms with Crippen LogP contribution in [0.15, 0.2) is 17.2 Å². The lowest BCUT2D eigenvalue weighted by Crippen LogP contribution is -2.37. The predicted molar refractivity (Wildman–Crippen MR) is 81.3 cm³/mol. The topological polar surface area (TPSA) is 77.4 Å². The summed E-state index contributed by atoms with van der Waals surface area (Å²) < 4.78 is 29.6. The SMILES string of the molecule is CCOCC(C)NC(=O)c1cc(S(=O)(=O)Cl)cn1C(C)C. The molecule has 0 fully saturated rings. The Bertz CT molecular complexity index is 595. The van der Waals surface area contributed by atoms with Gasteiger partial charge in [0, 0.05) is 35.6 Å². The molecule has 0 radical (unpaired) electrons. The summed E-state index contributed by atoms with van der Waals surface area (Å²) in [6, 6.07) is 1.04. The van der Waals surface area contributed by atoms with Crippen LogP contribution in [-0.2, 0) is 13.8 Å². The number of carbonyl (C=O) groups is 1. The smallest absolute Gasteiger partial charge is 0.268 e. The second-order valence-electron chi connectivity index (χ2n) is 5.03. The van der Waals surface area contributed by atoms with Gasteiger partial charge in [-0.1, -0.05) is 0 Å². The summed E-state index contributed by atoms with van der Waals surface area (Å²) >= 11 is 0. The lowest BCUT2D eigenvalue weighted by atomic mass is 10.3. The molecule has 21 heavy (non-hydrogen) atoms. The van der Waals surface area contributed by atoms with Gasteiger partial charge < -0.3 is 14.6 Å². The first kappa shape index (κ1) is 18.0. The molecule has 1 rings (SSSR count). The summed E-state index contributed by atoms with van der Waals surface area (Å²) in [6.07, 6.45) is 1.37. The number of ether oxygens (including phenoxy) is 1. The van der Waals surface area contributed by atoms with Crippen molar-refractivity contribution >= 4 is 25.6 Å². The van der Waals surface area contributed by atoms with Gasteiger partial charge in [-0.25, -0.2) is 8.42 Å². The van der Waals surface area contributed by atoms with Crippen molar-refractivity contribution in [1.29, 1.82) is 0 Å². The van der Waals surface area contributed by atoms with E-state index in [2.05, 4.69) is 5.32 Å². The van der Waals surface area contributed by atoms with Gasteiger partial charge in [0.15, 0.2) is 0 Å². The van der Waals surface area contributed by atoms with Crippen LogP contribution in [0, 0.1) is 0 Å². The van der Waals surface area contributed by atoms with E-state index in [1.807, 2.05) is 27.7 Å². The molecular weight excluding hydrogens is 316 g/mol. The molecule has 1 heterocycles. The largest absolute Gasteiger partial charge is 0.380 e. The molecule has 120 valence electrons. The number of aromatic nitrogens is 1. The van der Waals surface area contributed by atoms with E-state index < -0.39 is 9.05 Å². The number of amides is 1. The van der Waals surface area contributed by atoms with E-state index in [1.54, 1.807) is 4.57 Å². The normalized spacial score (nSPS) is 13.4. The molecule has 0 bridgehead atoms. The minimum atomic E-state index is -3.87. The maximum atomic E-state index is 12.3. The first-order valence-corrected chi connectivity index (χ1v) is 9.02. The summed E-state index contributed by atoms with van der Waals surface area (Å²) in [5.41, 5.74) is 0.257. The maximum absolute atomic E-state index is 12.3. The van der Waals surface area contributed by atoms with E-state index in [9.17, 15) is 13.2 Å². The molecule has 8 heteroatoms. The lowest BCUT2D eigenvalue weighted by molar-refractivity contribution is 0.0862. The van der Waals surface area contributed by atoms with Crippen molar-refractivity contribution in [3.05, 3.63) is 18.0 Å². The van der Waals surface area contributed by atoms with Gasteiger partial charge in [-0.05, 0) is 33.8 Å². The number of hydrogen-bond acceptors (Lipinski definition) is 4. The third kappa shape index (κ3) is 5.01. The quantitative estimate of drug-likeness (QED) is 0.774.